The van der Waals surface area contributed by atoms with Gasteiger partial charge in [0.1, 0.15) is 12.4 Å². The Morgan fingerprint density at radius 1 is 0.940 bits per heavy atom. The van der Waals surface area contributed by atoms with Gasteiger partial charge < -0.3 is 35.4 Å². The molecule has 278 valence electrons. The van der Waals surface area contributed by atoms with E-state index in [2.05, 4.69) is 65.6 Å². The molecule has 1 fully saturated rings. The average molecular weight is 704 g/mol. The number of unbranched alkanes of at least 4 members (excludes halogenated alkanes) is 1. The number of piperazine rings is 1. The molecule has 0 saturated carbocycles. The highest BCUT2D eigenvalue weighted by Gasteiger charge is 2.35. The van der Waals surface area contributed by atoms with Crippen molar-refractivity contribution in [2.45, 2.75) is 91.4 Å². The van der Waals surface area contributed by atoms with Crippen LogP contribution in [0.3, 0.4) is 0 Å². The fourth-order valence-corrected chi connectivity index (χ4v) is 5.44. The van der Waals surface area contributed by atoms with Crippen LogP contribution in [0.2, 0.25) is 0 Å². The van der Waals surface area contributed by atoms with Crippen LogP contribution in [0, 0.1) is 6.92 Å². The quantitative estimate of drug-likeness (QED) is 0.141. The number of nitrogens with one attached hydrogen (secondary N) is 2. The number of benzene rings is 2. The summed E-state index contributed by atoms with van der Waals surface area (Å²) < 4.78 is 36.4. The molecule has 9 nitrogen and oxygen atoms in total. The minimum atomic E-state index is -4.65. The Morgan fingerprint density at radius 2 is 1.54 bits per heavy atom. The molecule has 1 aromatic heterocycles. The van der Waals surface area contributed by atoms with Crippen molar-refractivity contribution in [2.75, 3.05) is 43.4 Å². The number of para-hydroxylation sites is 1. The number of pyridine rings is 1. The summed E-state index contributed by atoms with van der Waals surface area (Å²) in [4.78, 5) is 28.2. The summed E-state index contributed by atoms with van der Waals surface area (Å²) in [5, 5.41) is 24.7. The van der Waals surface area contributed by atoms with Crippen LogP contribution in [-0.2, 0) is 22.3 Å². The fraction of sp³-hybridized carbons (Fsp3) is 0.500. The molecule has 0 unspecified atom stereocenters. The molecule has 0 bridgehead atoms. The third-order valence-corrected chi connectivity index (χ3v) is 7.96. The second-order valence-corrected chi connectivity index (χ2v) is 12.0. The van der Waals surface area contributed by atoms with Gasteiger partial charge in [0.25, 0.3) is 0 Å². The van der Waals surface area contributed by atoms with Gasteiger partial charge in [-0.15, -0.1) is 0 Å². The van der Waals surface area contributed by atoms with Crippen LogP contribution in [-0.4, -0.2) is 72.1 Å². The number of halogens is 3. The van der Waals surface area contributed by atoms with E-state index in [1.165, 1.54) is 49.5 Å². The minimum Gasteiger partial charge on any atom is -0.504 e. The number of alkyl halides is 3. The largest absolute Gasteiger partial charge is 0.504 e. The molecule has 4 rings (SSSR count). The van der Waals surface area contributed by atoms with Crippen molar-refractivity contribution >= 4 is 24.1 Å². The van der Waals surface area contributed by atoms with Crippen molar-refractivity contribution in [3.8, 4) is 11.5 Å². The Bertz CT molecular complexity index is 1360. The molecular weight excluding hydrogens is 647 g/mol. The SMILES string of the molecule is C=O.CCCC(CCC)Nc1ccccc1CNC.CCCCC(=O)N1CCN(c2ccncc2)CC1.Cc1cc(O)c(O)c(C(F)(F)F)c1. The lowest BCUT2D eigenvalue weighted by Crippen LogP contribution is -2.48. The maximum atomic E-state index is 12.1. The Morgan fingerprint density at radius 3 is 2.08 bits per heavy atom. The number of aryl methyl sites for hydroxylation is 1. The van der Waals surface area contributed by atoms with E-state index in [4.69, 9.17) is 15.0 Å². The minimum absolute atomic E-state index is 0.239. The number of aromatic hydroxyl groups is 2. The lowest BCUT2D eigenvalue weighted by molar-refractivity contribution is -0.139. The topological polar surface area (TPSA) is 118 Å². The van der Waals surface area contributed by atoms with Crippen LogP contribution >= 0.6 is 0 Å². The lowest BCUT2D eigenvalue weighted by atomic mass is 10.1. The molecule has 0 aliphatic carbocycles. The summed E-state index contributed by atoms with van der Waals surface area (Å²) in [7, 11) is 1.99. The standard InChI is InChI=1S/C15H26N2.C14H21N3O.C8H7F3O2.CH2O/c1-4-8-14(9-5-2)17-15-11-7-6-10-13(15)12-16-3;1-2-3-4-14(18)17-11-9-16(10-12-17)13-5-7-15-8-6-13;1-4-2-5(8(9,10)11)7(13)6(12)3-4;1-2/h6-7,10-11,14,16-17H,4-5,8-9,12H2,1-3H3;5-8H,2-4,9-12H2,1H3;2-3,12-13H,1H3;1H2. The lowest BCUT2D eigenvalue weighted by Gasteiger charge is -2.36. The maximum absolute atomic E-state index is 12.1. The first-order valence-electron chi connectivity index (χ1n) is 17.2. The predicted molar refractivity (Wildman–Crippen MR) is 196 cm³/mol. The highest BCUT2D eigenvalue weighted by atomic mass is 19.4. The first kappa shape index (κ1) is 43.7. The Kier molecular flexibility index (Phi) is 20.9. The van der Waals surface area contributed by atoms with Crippen LogP contribution in [0.15, 0.2) is 60.9 Å². The Labute approximate surface area is 295 Å². The van der Waals surface area contributed by atoms with Crippen LogP contribution in [0.25, 0.3) is 0 Å². The zero-order chi connectivity index (χ0) is 37.5. The molecule has 3 aromatic rings. The van der Waals surface area contributed by atoms with Gasteiger partial charge >= 0.3 is 6.18 Å². The molecule has 12 heteroatoms. The van der Waals surface area contributed by atoms with E-state index in [9.17, 15) is 18.0 Å². The molecule has 0 spiro atoms. The predicted octanol–water partition coefficient (Wildman–Crippen LogP) is 7.95. The van der Waals surface area contributed by atoms with E-state index in [1.807, 2.05) is 43.3 Å². The third-order valence-electron chi connectivity index (χ3n) is 7.96. The van der Waals surface area contributed by atoms with Crippen molar-refractivity contribution in [1.29, 1.82) is 0 Å². The van der Waals surface area contributed by atoms with Crippen LogP contribution < -0.4 is 15.5 Å². The number of hydrogen-bond donors (Lipinski definition) is 4. The van der Waals surface area contributed by atoms with Gasteiger partial charge in [0, 0.05) is 69.0 Å². The number of phenolic OH excluding ortho intramolecular Hbond substituents is 2. The molecule has 1 saturated heterocycles. The van der Waals surface area contributed by atoms with Gasteiger partial charge in [-0.05, 0) is 74.7 Å². The number of rotatable bonds is 12. The molecule has 0 radical (unpaired) electrons. The molecule has 2 aromatic carbocycles. The van der Waals surface area contributed by atoms with Crippen LogP contribution in [0.4, 0.5) is 24.5 Å². The summed E-state index contributed by atoms with van der Waals surface area (Å²) >= 11 is 0. The van der Waals surface area contributed by atoms with Crippen molar-refractivity contribution in [1.82, 2.24) is 15.2 Å². The van der Waals surface area contributed by atoms with E-state index in [0.29, 0.717) is 18.4 Å². The fourth-order valence-electron chi connectivity index (χ4n) is 5.44. The first-order chi connectivity index (χ1) is 23.9. The highest BCUT2D eigenvalue weighted by molar-refractivity contribution is 5.76. The number of amides is 1. The number of nitrogens with zero attached hydrogens (tertiary/aromatic N) is 3. The molecule has 50 heavy (non-hydrogen) atoms. The first-order valence-corrected chi connectivity index (χ1v) is 17.2. The van der Waals surface area contributed by atoms with Crippen molar-refractivity contribution < 1.29 is 33.0 Å². The summed E-state index contributed by atoms with van der Waals surface area (Å²) in [5.41, 5.74) is 2.86. The van der Waals surface area contributed by atoms with Crippen molar-refractivity contribution in [2.24, 2.45) is 0 Å². The zero-order valence-corrected chi connectivity index (χ0v) is 30.2. The molecule has 1 aliphatic heterocycles. The second-order valence-electron chi connectivity index (χ2n) is 12.0. The summed E-state index contributed by atoms with van der Waals surface area (Å²) in [5.74, 6) is -1.57. The molecule has 2 heterocycles. The zero-order valence-electron chi connectivity index (χ0n) is 30.2. The van der Waals surface area contributed by atoms with E-state index < -0.39 is 23.2 Å². The molecule has 1 aliphatic rings. The van der Waals surface area contributed by atoms with Crippen molar-refractivity contribution in [3.63, 3.8) is 0 Å². The van der Waals surface area contributed by atoms with Gasteiger partial charge in [-0.25, -0.2) is 0 Å². The highest BCUT2D eigenvalue weighted by Crippen LogP contribution is 2.41. The van der Waals surface area contributed by atoms with E-state index in [0.717, 1.165) is 57.7 Å². The van der Waals surface area contributed by atoms with Gasteiger partial charge in [-0.1, -0.05) is 58.2 Å². The van der Waals surface area contributed by atoms with Crippen molar-refractivity contribution in [3.05, 3.63) is 77.6 Å². The maximum Gasteiger partial charge on any atom is 0.420 e. The summed E-state index contributed by atoms with van der Waals surface area (Å²) in [6, 6.07) is 15.1. The van der Waals surface area contributed by atoms with Gasteiger partial charge in [-0.2, -0.15) is 13.2 Å². The van der Waals surface area contributed by atoms with Gasteiger partial charge in [0.05, 0.1) is 0 Å². The van der Waals surface area contributed by atoms with Crippen LogP contribution in [0.1, 0.15) is 82.4 Å². The van der Waals surface area contributed by atoms with E-state index in [-0.39, 0.29) is 5.56 Å². The van der Waals surface area contributed by atoms with Gasteiger partial charge in [-0.3, -0.25) is 9.78 Å². The number of hydrogen-bond acceptors (Lipinski definition) is 8. The monoisotopic (exact) mass is 703 g/mol. The van der Waals surface area contributed by atoms with E-state index >= 15 is 0 Å². The molecule has 0 atom stereocenters. The Balaban J connectivity index is 0.000000370. The van der Waals surface area contributed by atoms with E-state index in [1.54, 1.807) is 0 Å². The van der Waals surface area contributed by atoms with Gasteiger partial charge in [0.2, 0.25) is 5.91 Å². The molecule has 4 N–H and O–H groups in total. The molecule has 1 amide bonds. The van der Waals surface area contributed by atoms with Gasteiger partial charge in [0.15, 0.2) is 11.5 Å². The Hall–Kier alpha value is -4.32. The number of carbonyl (C=O) groups is 2. The average Bonchev–Trinajstić information content (AvgIpc) is 3.11. The normalized spacial score (nSPS) is 12.5. The number of aromatic nitrogens is 1. The number of carbonyl (C=O) groups excluding carboxylic acids is 2. The molecular formula is C38H56F3N5O4. The second kappa shape index (κ2) is 23.9. The summed E-state index contributed by atoms with van der Waals surface area (Å²) in [6.45, 7) is 14.5. The third kappa shape index (κ3) is 15.5. The number of anilines is 2. The summed E-state index contributed by atoms with van der Waals surface area (Å²) in [6.07, 6.45) is 6.76. The van der Waals surface area contributed by atoms with Crippen LogP contribution in [0.5, 0.6) is 11.5 Å². The smallest absolute Gasteiger partial charge is 0.420 e. The number of phenols is 2.